The summed E-state index contributed by atoms with van der Waals surface area (Å²) >= 11 is 9.36. The Kier molecular flexibility index (Phi) is 7.54. The van der Waals surface area contributed by atoms with E-state index in [9.17, 15) is 0 Å². The molecular formula is C15H24BrCl. The Hall–Kier alpha value is 0.250. The van der Waals surface area contributed by atoms with Crippen LogP contribution in [0, 0.1) is 5.92 Å². The molecule has 0 heterocycles. The average molecular weight is 320 g/mol. The van der Waals surface area contributed by atoms with Gasteiger partial charge in [-0.1, -0.05) is 50.3 Å². The largest absolute Gasteiger partial charge is 0.0836 e. The summed E-state index contributed by atoms with van der Waals surface area (Å²) in [6, 6.07) is 0. The molecule has 1 rings (SSSR count). The molecule has 0 radical (unpaired) electrons. The van der Waals surface area contributed by atoms with Gasteiger partial charge in [0.25, 0.3) is 0 Å². The van der Waals surface area contributed by atoms with Crippen molar-refractivity contribution in [3.05, 3.63) is 21.2 Å². The molecule has 0 saturated heterocycles. The first kappa shape index (κ1) is 15.3. The normalized spacial score (nSPS) is 22.8. The third-order valence-electron chi connectivity index (χ3n) is 3.59. The van der Waals surface area contributed by atoms with Gasteiger partial charge in [0.2, 0.25) is 0 Å². The van der Waals surface area contributed by atoms with Crippen LogP contribution >= 0.6 is 27.5 Å². The second-order valence-electron chi connectivity index (χ2n) is 4.97. The molecule has 17 heavy (non-hydrogen) atoms. The quantitative estimate of drug-likeness (QED) is 0.539. The highest BCUT2D eigenvalue weighted by Crippen LogP contribution is 2.36. The van der Waals surface area contributed by atoms with Gasteiger partial charge in [0.05, 0.1) is 3.94 Å². The van der Waals surface area contributed by atoms with Gasteiger partial charge < -0.3 is 0 Å². The summed E-state index contributed by atoms with van der Waals surface area (Å²) < 4.78 is 0.748. The minimum absolute atomic E-state index is 0.748. The zero-order chi connectivity index (χ0) is 12.7. The fourth-order valence-corrected chi connectivity index (χ4v) is 3.31. The average Bonchev–Trinajstić information content (AvgIpc) is 2.44. The summed E-state index contributed by atoms with van der Waals surface area (Å²) in [7, 11) is 0. The highest BCUT2D eigenvalue weighted by Gasteiger charge is 2.19. The number of hydrogen-bond donors (Lipinski definition) is 0. The van der Waals surface area contributed by atoms with E-state index in [0.717, 1.165) is 9.86 Å². The van der Waals surface area contributed by atoms with Gasteiger partial charge in [0.1, 0.15) is 0 Å². The van der Waals surface area contributed by atoms with Crippen LogP contribution in [0.5, 0.6) is 0 Å². The Labute approximate surface area is 120 Å². The molecule has 0 nitrogen and oxygen atoms in total. The summed E-state index contributed by atoms with van der Waals surface area (Å²) in [6.07, 6.45) is 12.5. The minimum Gasteiger partial charge on any atom is -0.0761 e. The predicted octanol–water partition coefficient (Wildman–Crippen LogP) is 6.55. The van der Waals surface area contributed by atoms with E-state index in [1.165, 1.54) is 56.9 Å². The van der Waals surface area contributed by atoms with E-state index >= 15 is 0 Å². The smallest absolute Gasteiger partial charge is 0.0761 e. The van der Waals surface area contributed by atoms with Crippen molar-refractivity contribution in [2.45, 2.75) is 65.2 Å². The van der Waals surface area contributed by atoms with Crippen molar-refractivity contribution < 1.29 is 0 Å². The Bertz CT molecular complexity index is 287. The van der Waals surface area contributed by atoms with Gasteiger partial charge in [-0.3, -0.25) is 0 Å². The van der Waals surface area contributed by atoms with Crippen molar-refractivity contribution in [1.82, 2.24) is 0 Å². The van der Waals surface area contributed by atoms with Crippen molar-refractivity contribution in [2.24, 2.45) is 5.92 Å². The van der Waals surface area contributed by atoms with E-state index in [1.807, 2.05) is 0 Å². The van der Waals surface area contributed by atoms with E-state index in [4.69, 9.17) is 11.6 Å². The van der Waals surface area contributed by atoms with Gasteiger partial charge in [-0.15, -0.1) is 0 Å². The summed E-state index contributed by atoms with van der Waals surface area (Å²) in [5, 5.41) is 0. The Morgan fingerprint density at radius 3 is 2.71 bits per heavy atom. The van der Waals surface area contributed by atoms with Crippen LogP contribution in [0.2, 0.25) is 0 Å². The zero-order valence-corrected chi connectivity index (χ0v) is 13.4. The number of rotatable bonds is 5. The molecule has 0 amide bonds. The summed E-state index contributed by atoms with van der Waals surface area (Å²) in [4.78, 5) is 0. The molecule has 1 aliphatic rings. The van der Waals surface area contributed by atoms with E-state index in [0.29, 0.717) is 0 Å². The Morgan fingerprint density at radius 2 is 2.12 bits per heavy atom. The summed E-state index contributed by atoms with van der Waals surface area (Å²) in [5.74, 6) is 0.803. The van der Waals surface area contributed by atoms with Crippen molar-refractivity contribution in [3.8, 4) is 0 Å². The maximum absolute atomic E-state index is 6.00. The molecule has 0 bridgehead atoms. The van der Waals surface area contributed by atoms with Gasteiger partial charge in [0.15, 0.2) is 0 Å². The molecule has 0 fully saturated rings. The van der Waals surface area contributed by atoms with Crippen LogP contribution in [0.15, 0.2) is 21.2 Å². The lowest BCUT2D eigenvalue weighted by Gasteiger charge is -2.20. The molecule has 1 atom stereocenters. The van der Waals surface area contributed by atoms with Crippen molar-refractivity contribution in [2.75, 3.05) is 0 Å². The van der Waals surface area contributed by atoms with Crippen LogP contribution in [0.1, 0.15) is 65.2 Å². The van der Waals surface area contributed by atoms with E-state index in [1.54, 1.807) is 5.57 Å². The maximum Gasteiger partial charge on any atom is 0.0836 e. The van der Waals surface area contributed by atoms with Crippen LogP contribution in [0.25, 0.3) is 0 Å². The third-order valence-corrected chi connectivity index (χ3v) is 3.93. The topological polar surface area (TPSA) is 0 Å². The molecular weight excluding hydrogens is 296 g/mol. The molecule has 0 N–H and O–H groups in total. The molecule has 0 aromatic rings. The molecule has 0 aromatic heterocycles. The van der Waals surface area contributed by atoms with Crippen LogP contribution in [0.3, 0.4) is 0 Å². The first-order chi connectivity index (χ1) is 8.19. The lowest BCUT2D eigenvalue weighted by Crippen LogP contribution is -2.05. The zero-order valence-electron chi connectivity index (χ0n) is 11.1. The lowest BCUT2D eigenvalue weighted by molar-refractivity contribution is 0.483. The molecule has 0 spiro atoms. The Balaban J connectivity index is 2.99. The molecule has 1 aliphatic carbocycles. The maximum atomic E-state index is 6.00. The van der Waals surface area contributed by atoms with Crippen LogP contribution in [-0.4, -0.2) is 0 Å². The molecule has 1 unspecified atom stereocenters. The monoisotopic (exact) mass is 318 g/mol. The highest BCUT2D eigenvalue weighted by molar-refractivity contribution is 9.12. The van der Waals surface area contributed by atoms with Gasteiger partial charge in [-0.05, 0) is 65.6 Å². The minimum atomic E-state index is 0.748. The second-order valence-corrected chi connectivity index (χ2v) is 6.68. The van der Waals surface area contributed by atoms with Crippen molar-refractivity contribution in [3.63, 3.8) is 0 Å². The Morgan fingerprint density at radius 1 is 1.35 bits per heavy atom. The fourth-order valence-electron chi connectivity index (χ4n) is 2.90. The molecule has 98 valence electrons. The van der Waals surface area contributed by atoms with Crippen molar-refractivity contribution >= 4 is 27.5 Å². The standard InChI is InChI=1S/C15H24BrCl/c1-3-7-12-9-5-6-10-13(11-15(16)17)14(12)8-4-2/h11-12H,3-10H2,1-2H3/b15-11+. The third kappa shape index (κ3) is 5.18. The van der Waals surface area contributed by atoms with Crippen molar-refractivity contribution in [1.29, 1.82) is 0 Å². The van der Waals surface area contributed by atoms with E-state index in [2.05, 4.69) is 35.9 Å². The molecule has 2 heteroatoms. The molecule has 0 aliphatic heterocycles. The van der Waals surface area contributed by atoms with Gasteiger partial charge in [-0.25, -0.2) is 0 Å². The van der Waals surface area contributed by atoms with Gasteiger partial charge in [0, 0.05) is 0 Å². The van der Waals surface area contributed by atoms with Gasteiger partial charge >= 0.3 is 0 Å². The van der Waals surface area contributed by atoms with E-state index in [-0.39, 0.29) is 0 Å². The summed E-state index contributed by atoms with van der Waals surface area (Å²) in [6.45, 7) is 4.57. The lowest BCUT2D eigenvalue weighted by atomic mass is 9.86. The van der Waals surface area contributed by atoms with E-state index < -0.39 is 0 Å². The van der Waals surface area contributed by atoms with Gasteiger partial charge in [-0.2, -0.15) is 0 Å². The van der Waals surface area contributed by atoms with Crippen LogP contribution in [0.4, 0.5) is 0 Å². The first-order valence-electron chi connectivity index (χ1n) is 6.93. The molecule has 0 aromatic carbocycles. The second kappa shape index (κ2) is 8.37. The number of hydrogen-bond acceptors (Lipinski definition) is 0. The highest BCUT2D eigenvalue weighted by atomic mass is 79.9. The van der Waals surface area contributed by atoms with Crippen LogP contribution in [-0.2, 0) is 0 Å². The number of allylic oxidation sites excluding steroid dienone is 3. The predicted molar refractivity (Wildman–Crippen MR) is 81.7 cm³/mol. The fraction of sp³-hybridized carbons (Fsp3) is 0.733. The van der Waals surface area contributed by atoms with Crippen LogP contribution < -0.4 is 0 Å². The summed E-state index contributed by atoms with van der Waals surface area (Å²) in [5.41, 5.74) is 3.19. The SMILES string of the molecule is CCCC1=C(/C=C(/Cl)Br)CCCCC1CCC. The number of halogens is 2. The molecule has 0 saturated carbocycles. The first-order valence-corrected chi connectivity index (χ1v) is 8.10.